The molecule has 0 amide bonds. The average Bonchev–Trinajstić information content (AvgIpc) is 2.87. The Labute approximate surface area is 115 Å². The minimum atomic E-state index is -1.54. The molecule has 0 spiro atoms. The molecule has 20 heavy (non-hydrogen) atoms. The molecule has 7 nitrogen and oxygen atoms in total. The molecule has 8 heteroatoms. The van der Waals surface area contributed by atoms with E-state index >= 15 is 0 Å². The smallest absolute Gasteiger partial charge is 0.461 e. The fourth-order valence-corrected chi connectivity index (χ4v) is 1.89. The number of aryl methyl sites for hydroxylation is 1. The molecule has 0 aliphatic carbocycles. The lowest BCUT2D eigenvalue weighted by atomic mass is 9.77. The lowest BCUT2D eigenvalue weighted by molar-refractivity contribution is 0.0520. The number of benzene rings is 1. The van der Waals surface area contributed by atoms with Crippen LogP contribution in [0.15, 0.2) is 18.2 Å². The average molecular weight is 275 g/mol. The second-order valence-electron chi connectivity index (χ2n) is 4.19. The summed E-state index contributed by atoms with van der Waals surface area (Å²) in [5, 5.41) is 28.5. The third-order valence-electron chi connectivity index (χ3n) is 2.84. The van der Waals surface area contributed by atoms with Crippen molar-refractivity contribution in [1.29, 1.82) is 0 Å². The van der Waals surface area contributed by atoms with Crippen LogP contribution in [0.2, 0.25) is 0 Å². The Bertz CT molecular complexity index is 627. The molecule has 0 unspecified atom stereocenters. The molecule has 0 aliphatic rings. The molecule has 2 aromatic rings. The van der Waals surface area contributed by atoms with Crippen LogP contribution in [0, 0.1) is 6.92 Å². The van der Waals surface area contributed by atoms with Crippen molar-refractivity contribution < 1.29 is 19.6 Å². The molecule has 1 heterocycles. The summed E-state index contributed by atoms with van der Waals surface area (Å²) >= 11 is 0. The second kappa shape index (κ2) is 5.85. The standard InChI is InChI=1S/C12H14BN3O4/c1-3-20-12(17)11-10(14-16-15-11)8-4-5-9(13(18)19)7(2)6-8/h4-6,18-19H,3H2,1-2H3,(H,14,15,16). The second-order valence-corrected chi connectivity index (χ2v) is 4.19. The van der Waals surface area contributed by atoms with Gasteiger partial charge in [-0.05, 0) is 19.3 Å². The molecule has 0 aliphatic heterocycles. The van der Waals surface area contributed by atoms with Crippen LogP contribution in [0.3, 0.4) is 0 Å². The highest BCUT2D eigenvalue weighted by Gasteiger charge is 2.20. The zero-order chi connectivity index (χ0) is 14.7. The summed E-state index contributed by atoms with van der Waals surface area (Å²) in [6, 6.07) is 4.91. The van der Waals surface area contributed by atoms with Crippen LogP contribution in [0.1, 0.15) is 23.0 Å². The fraction of sp³-hybridized carbons (Fsp3) is 0.250. The third-order valence-corrected chi connectivity index (χ3v) is 2.84. The molecule has 0 radical (unpaired) electrons. The largest absolute Gasteiger partial charge is 0.488 e. The minimum absolute atomic E-state index is 0.101. The zero-order valence-corrected chi connectivity index (χ0v) is 11.1. The highest BCUT2D eigenvalue weighted by molar-refractivity contribution is 6.59. The number of hydrogen-bond donors (Lipinski definition) is 3. The number of aromatic amines is 1. The van der Waals surface area contributed by atoms with Gasteiger partial charge in [0, 0.05) is 5.56 Å². The summed E-state index contributed by atoms with van der Waals surface area (Å²) in [5.41, 5.74) is 2.18. The van der Waals surface area contributed by atoms with Crippen molar-refractivity contribution in [3.05, 3.63) is 29.5 Å². The molecule has 2 rings (SSSR count). The number of hydrogen-bond acceptors (Lipinski definition) is 6. The van der Waals surface area contributed by atoms with E-state index in [-0.39, 0.29) is 12.3 Å². The van der Waals surface area contributed by atoms with Gasteiger partial charge in [0.1, 0.15) is 5.69 Å². The summed E-state index contributed by atoms with van der Waals surface area (Å²) in [6.45, 7) is 3.70. The van der Waals surface area contributed by atoms with Gasteiger partial charge in [-0.3, -0.25) is 0 Å². The van der Waals surface area contributed by atoms with E-state index in [9.17, 15) is 14.8 Å². The summed E-state index contributed by atoms with van der Waals surface area (Å²) in [6.07, 6.45) is 0. The number of rotatable bonds is 4. The van der Waals surface area contributed by atoms with E-state index in [1.54, 1.807) is 32.0 Å². The number of nitrogens with zero attached hydrogens (tertiary/aromatic N) is 2. The predicted molar refractivity (Wildman–Crippen MR) is 72.3 cm³/mol. The predicted octanol–water partition coefficient (Wildman–Crippen LogP) is -0.363. The molecule has 1 aromatic carbocycles. The van der Waals surface area contributed by atoms with Gasteiger partial charge in [-0.2, -0.15) is 10.3 Å². The van der Waals surface area contributed by atoms with E-state index < -0.39 is 13.1 Å². The Kier molecular flexibility index (Phi) is 4.16. The number of carbonyl (C=O) groups is 1. The van der Waals surface area contributed by atoms with Crippen LogP contribution in [-0.2, 0) is 4.74 Å². The van der Waals surface area contributed by atoms with E-state index in [0.29, 0.717) is 22.3 Å². The summed E-state index contributed by atoms with van der Waals surface area (Å²) < 4.78 is 4.90. The molecule has 0 bridgehead atoms. The summed E-state index contributed by atoms with van der Waals surface area (Å²) in [7, 11) is -1.54. The van der Waals surface area contributed by atoms with Gasteiger partial charge in [0.15, 0.2) is 5.69 Å². The third kappa shape index (κ3) is 2.71. The molecular formula is C12H14BN3O4. The van der Waals surface area contributed by atoms with Crippen molar-refractivity contribution in [3.63, 3.8) is 0 Å². The molecule has 1 aromatic heterocycles. The molecular weight excluding hydrogens is 261 g/mol. The Hall–Kier alpha value is -2.19. The molecule has 0 fully saturated rings. The molecule has 0 atom stereocenters. The number of aromatic nitrogens is 3. The van der Waals surface area contributed by atoms with Crippen LogP contribution in [0.5, 0.6) is 0 Å². The maximum absolute atomic E-state index is 11.7. The Morgan fingerprint density at radius 3 is 2.75 bits per heavy atom. The van der Waals surface area contributed by atoms with Crippen molar-refractivity contribution in [2.24, 2.45) is 0 Å². The first kappa shape index (κ1) is 14.2. The zero-order valence-electron chi connectivity index (χ0n) is 11.1. The number of esters is 1. The number of carbonyl (C=O) groups excluding carboxylic acids is 1. The number of ether oxygens (including phenoxy) is 1. The van der Waals surface area contributed by atoms with E-state index in [0.717, 1.165) is 0 Å². The molecule has 0 saturated heterocycles. The highest BCUT2D eigenvalue weighted by atomic mass is 16.5. The Morgan fingerprint density at radius 2 is 2.15 bits per heavy atom. The SMILES string of the molecule is CCOC(=O)c1n[nH]nc1-c1ccc(B(O)O)c(C)c1. The van der Waals surface area contributed by atoms with Gasteiger partial charge in [0.25, 0.3) is 0 Å². The first-order chi connectivity index (χ1) is 9.54. The first-order valence-corrected chi connectivity index (χ1v) is 6.09. The first-order valence-electron chi connectivity index (χ1n) is 6.09. The maximum atomic E-state index is 11.7. The molecule has 104 valence electrons. The van der Waals surface area contributed by atoms with Gasteiger partial charge < -0.3 is 14.8 Å². The minimum Gasteiger partial charge on any atom is -0.461 e. The van der Waals surface area contributed by atoms with Crippen molar-refractivity contribution >= 4 is 18.6 Å². The van der Waals surface area contributed by atoms with E-state index in [1.165, 1.54) is 0 Å². The van der Waals surface area contributed by atoms with Crippen molar-refractivity contribution in [2.45, 2.75) is 13.8 Å². The summed E-state index contributed by atoms with van der Waals surface area (Å²) in [5.74, 6) is -0.555. The van der Waals surface area contributed by atoms with Gasteiger partial charge in [-0.25, -0.2) is 4.79 Å². The Morgan fingerprint density at radius 1 is 1.40 bits per heavy atom. The monoisotopic (exact) mass is 275 g/mol. The number of nitrogens with one attached hydrogen (secondary N) is 1. The maximum Gasteiger partial charge on any atom is 0.488 e. The van der Waals surface area contributed by atoms with E-state index in [2.05, 4.69) is 15.4 Å². The number of H-pyrrole nitrogens is 1. The van der Waals surface area contributed by atoms with Crippen molar-refractivity contribution in [2.75, 3.05) is 6.61 Å². The lowest BCUT2D eigenvalue weighted by Gasteiger charge is -2.07. The van der Waals surface area contributed by atoms with Crippen LogP contribution in [-0.4, -0.2) is 45.2 Å². The topological polar surface area (TPSA) is 108 Å². The Balaban J connectivity index is 2.40. The molecule has 0 saturated carbocycles. The van der Waals surface area contributed by atoms with Gasteiger partial charge in [0.05, 0.1) is 6.61 Å². The van der Waals surface area contributed by atoms with Crippen LogP contribution < -0.4 is 5.46 Å². The van der Waals surface area contributed by atoms with Crippen LogP contribution >= 0.6 is 0 Å². The highest BCUT2D eigenvalue weighted by Crippen LogP contribution is 2.20. The van der Waals surface area contributed by atoms with Gasteiger partial charge in [-0.15, -0.1) is 5.10 Å². The molecule has 3 N–H and O–H groups in total. The van der Waals surface area contributed by atoms with Crippen molar-refractivity contribution in [3.8, 4) is 11.3 Å². The normalized spacial score (nSPS) is 10.4. The van der Waals surface area contributed by atoms with Crippen molar-refractivity contribution in [1.82, 2.24) is 15.4 Å². The lowest BCUT2D eigenvalue weighted by Crippen LogP contribution is -2.31. The van der Waals surface area contributed by atoms with Gasteiger partial charge in [-0.1, -0.05) is 23.8 Å². The fourth-order valence-electron chi connectivity index (χ4n) is 1.89. The van der Waals surface area contributed by atoms with Crippen LogP contribution in [0.25, 0.3) is 11.3 Å². The van der Waals surface area contributed by atoms with Crippen LogP contribution in [0.4, 0.5) is 0 Å². The van der Waals surface area contributed by atoms with Gasteiger partial charge in [0.2, 0.25) is 0 Å². The summed E-state index contributed by atoms with van der Waals surface area (Å²) in [4.78, 5) is 11.7. The van der Waals surface area contributed by atoms with E-state index in [1.807, 2.05) is 0 Å². The van der Waals surface area contributed by atoms with E-state index in [4.69, 9.17) is 4.74 Å². The quantitative estimate of drug-likeness (QED) is 0.519. The van der Waals surface area contributed by atoms with Gasteiger partial charge >= 0.3 is 13.1 Å².